The number of nitrogens with two attached hydrogens (primary N) is 1. The molecule has 1 aromatic rings. The van der Waals surface area contributed by atoms with E-state index in [2.05, 4.69) is 0 Å². The van der Waals surface area contributed by atoms with Crippen molar-refractivity contribution in [3.8, 4) is 0 Å². The Labute approximate surface area is 108 Å². The monoisotopic (exact) mass is 297 g/mol. The highest BCUT2D eigenvalue weighted by atomic mass is 19.2. The van der Waals surface area contributed by atoms with Crippen LogP contribution in [0.4, 0.5) is 27.6 Å². The average molecular weight is 297 g/mol. The van der Waals surface area contributed by atoms with E-state index >= 15 is 0 Å². The maximum Gasteiger partial charge on any atom is 0.243 e. The van der Waals surface area contributed by atoms with E-state index in [9.17, 15) is 31.5 Å². The van der Waals surface area contributed by atoms with Gasteiger partial charge in [-0.2, -0.15) is 0 Å². The average Bonchev–Trinajstić information content (AvgIpc) is 2.44. The van der Waals surface area contributed by atoms with Gasteiger partial charge in [0.05, 0.1) is 13.1 Å². The van der Waals surface area contributed by atoms with E-state index in [0.717, 1.165) is 0 Å². The van der Waals surface area contributed by atoms with Crippen molar-refractivity contribution in [1.29, 1.82) is 0 Å². The summed E-state index contributed by atoms with van der Waals surface area (Å²) in [4.78, 5) is 21.9. The first kappa shape index (κ1) is 15.8. The van der Waals surface area contributed by atoms with Crippen molar-refractivity contribution < 1.29 is 31.5 Å². The summed E-state index contributed by atoms with van der Waals surface area (Å²) >= 11 is 0. The Bertz CT molecular complexity index is 535. The minimum atomic E-state index is -2.34. The summed E-state index contributed by atoms with van der Waals surface area (Å²) in [6, 6.07) is 0. The van der Waals surface area contributed by atoms with Crippen LogP contribution in [0.1, 0.15) is 0 Å². The summed E-state index contributed by atoms with van der Waals surface area (Å²) in [7, 11) is 0. The van der Waals surface area contributed by atoms with Crippen LogP contribution in [0.5, 0.6) is 0 Å². The van der Waals surface area contributed by atoms with Crippen molar-refractivity contribution in [2.45, 2.75) is 0 Å². The lowest BCUT2D eigenvalue weighted by molar-refractivity contribution is -0.123. The number of hydrogen-bond acceptors (Lipinski definition) is 3. The lowest BCUT2D eigenvalue weighted by Gasteiger charge is -2.10. The van der Waals surface area contributed by atoms with Crippen molar-refractivity contribution in [3.05, 3.63) is 29.1 Å². The molecule has 0 atom stereocenters. The molecule has 0 aromatic heterocycles. The second kappa shape index (κ2) is 6.28. The Morgan fingerprint density at radius 1 is 0.850 bits per heavy atom. The van der Waals surface area contributed by atoms with Crippen LogP contribution in [-0.2, 0) is 9.59 Å². The van der Waals surface area contributed by atoms with E-state index in [-0.39, 0.29) is 0 Å². The Kier molecular flexibility index (Phi) is 4.97. The summed E-state index contributed by atoms with van der Waals surface area (Å²) in [6.45, 7) is -1.18. The summed E-state index contributed by atoms with van der Waals surface area (Å²) in [5, 5.41) is 3.43. The minimum absolute atomic E-state index is 0.435. The Morgan fingerprint density at radius 2 is 1.30 bits per heavy atom. The maximum absolute atomic E-state index is 13.2. The summed E-state index contributed by atoms with van der Waals surface area (Å²) < 4.78 is 64.7. The number of hydrogen-bond donors (Lipinski definition) is 3. The first-order chi connectivity index (χ1) is 9.29. The number of carbonyl (C=O) groups excluding carboxylic acids is 2. The smallest absolute Gasteiger partial charge is 0.243 e. The molecule has 0 unspecified atom stereocenters. The van der Waals surface area contributed by atoms with Gasteiger partial charge in [-0.05, 0) is 0 Å². The molecule has 10 heteroatoms. The van der Waals surface area contributed by atoms with Crippen LogP contribution in [0.15, 0.2) is 0 Å². The molecule has 0 saturated heterocycles. The predicted molar refractivity (Wildman–Crippen MR) is 56.9 cm³/mol. The molecule has 0 bridgehead atoms. The second-order valence-corrected chi connectivity index (χ2v) is 3.47. The minimum Gasteiger partial charge on any atom is -0.346 e. The largest absolute Gasteiger partial charge is 0.346 e. The van der Waals surface area contributed by atoms with Gasteiger partial charge < -0.3 is 16.4 Å². The van der Waals surface area contributed by atoms with Crippen molar-refractivity contribution in [2.75, 3.05) is 18.4 Å². The molecular weight excluding hydrogens is 289 g/mol. The Balaban J connectivity index is 2.93. The van der Waals surface area contributed by atoms with Crippen LogP contribution in [-0.4, -0.2) is 24.9 Å². The molecule has 0 aliphatic carbocycles. The molecule has 5 nitrogen and oxygen atoms in total. The molecule has 0 aliphatic heterocycles. The number of anilines is 1. The number of halogens is 5. The number of rotatable bonds is 4. The van der Waals surface area contributed by atoms with E-state index in [1.165, 1.54) is 5.32 Å². The molecular formula is C10H8F5N3O2. The van der Waals surface area contributed by atoms with Gasteiger partial charge in [0.1, 0.15) is 5.69 Å². The van der Waals surface area contributed by atoms with Gasteiger partial charge in [-0.1, -0.05) is 0 Å². The number of amides is 2. The van der Waals surface area contributed by atoms with E-state index in [1.54, 1.807) is 0 Å². The van der Waals surface area contributed by atoms with Gasteiger partial charge in [-0.25, -0.2) is 22.0 Å². The first-order valence-electron chi connectivity index (χ1n) is 5.07. The Morgan fingerprint density at radius 3 is 1.75 bits per heavy atom. The quantitative estimate of drug-likeness (QED) is 0.427. The Hall–Kier alpha value is -2.23. The van der Waals surface area contributed by atoms with E-state index in [0.29, 0.717) is 0 Å². The number of carbonyl (C=O) groups is 2. The molecule has 0 spiro atoms. The highest BCUT2D eigenvalue weighted by Crippen LogP contribution is 2.26. The topological polar surface area (TPSA) is 84.2 Å². The van der Waals surface area contributed by atoms with Gasteiger partial charge >= 0.3 is 0 Å². The molecule has 4 N–H and O–H groups in total. The summed E-state index contributed by atoms with van der Waals surface area (Å²) in [6.07, 6.45) is 0. The van der Waals surface area contributed by atoms with Gasteiger partial charge in [-0.3, -0.25) is 9.59 Å². The van der Waals surface area contributed by atoms with Crippen molar-refractivity contribution in [2.24, 2.45) is 5.73 Å². The molecule has 0 fully saturated rings. The van der Waals surface area contributed by atoms with Crippen LogP contribution in [0.2, 0.25) is 0 Å². The van der Waals surface area contributed by atoms with Gasteiger partial charge in [0.15, 0.2) is 23.3 Å². The fourth-order valence-corrected chi connectivity index (χ4v) is 1.15. The van der Waals surface area contributed by atoms with E-state index in [4.69, 9.17) is 5.73 Å². The van der Waals surface area contributed by atoms with Crippen LogP contribution in [0.3, 0.4) is 0 Å². The summed E-state index contributed by atoms with van der Waals surface area (Å²) in [5.74, 6) is -13.0. The highest BCUT2D eigenvalue weighted by Gasteiger charge is 2.26. The third-order valence-corrected chi connectivity index (χ3v) is 2.11. The summed E-state index contributed by atoms with van der Waals surface area (Å²) in [5.41, 5.74) is 3.42. The molecule has 2 amide bonds. The second-order valence-electron chi connectivity index (χ2n) is 3.47. The van der Waals surface area contributed by atoms with Crippen LogP contribution in [0.25, 0.3) is 0 Å². The van der Waals surface area contributed by atoms with Crippen LogP contribution < -0.4 is 16.4 Å². The number of benzene rings is 1. The van der Waals surface area contributed by atoms with Crippen molar-refractivity contribution >= 4 is 17.5 Å². The highest BCUT2D eigenvalue weighted by molar-refractivity contribution is 5.94. The fraction of sp³-hybridized carbons (Fsp3) is 0.200. The van der Waals surface area contributed by atoms with Gasteiger partial charge in [0.25, 0.3) is 0 Å². The van der Waals surface area contributed by atoms with Crippen molar-refractivity contribution in [3.63, 3.8) is 0 Å². The zero-order chi connectivity index (χ0) is 15.4. The normalized spacial score (nSPS) is 10.3. The lowest BCUT2D eigenvalue weighted by atomic mass is 10.2. The molecule has 20 heavy (non-hydrogen) atoms. The maximum atomic E-state index is 13.2. The predicted octanol–water partition coefficient (Wildman–Crippen LogP) is 0.395. The molecule has 1 aromatic carbocycles. The zero-order valence-electron chi connectivity index (χ0n) is 9.70. The molecule has 1 rings (SSSR count). The molecule has 0 radical (unpaired) electrons. The molecule has 0 aliphatic rings. The van der Waals surface area contributed by atoms with Crippen LogP contribution >= 0.6 is 0 Å². The van der Waals surface area contributed by atoms with E-state index < -0.39 is 59.7 Å². The fourth-order valence-electron chi connectivity index (χ4n) is 1.15. The number of nitrogens with one attached hydrogen (secondary N) is 2. The van der Waals surface area contributed by atoms with Gasteiger partial charge in [0.2, 0.25) is 17.6 Å². The van der Waals surface area contributed by atoms with Gasteiger partial charge in [0, 0.05) is 0 Å². The van der Waals surface area contributed by atoms with E-state index in [1.807, 2.05) is 5.32 Å². The lowest BCUT2D eigenvalue weighted by Crippen LogP contribution is -2.36. The standard InChI is InChI=1S/C10H8F5N3O2/c11-5-6(12)8(14)10(9(15)7(5)13)18-4(20)2-17-3(19)1-16/h1-2,16H2,(H,17,19)(H,18,20). The SMILES string of the molecule is NCC(=O)NCC(=O)Nc1c(F)c(F)c(F)c(F)c1F. The first-order valence-corrected chi connectivity index (χ1v) is 5.07. The molecule has 0 saturated carbocycles. The third-order valence-electron chi connectivity index (χ3n) is 2.11. The molecule has 110 valence electrons. The van der Waals surface area contributed by atoms with Gasteiger partial charge in [-0.15, -0.1) is 0 Å². The van der Waals surface area contributed by atoms with Crippen LogP contribution in [0, 0.1) is 29.1 Å². The zero-order valence-corrected chi connectivity index (χ0v) is 9.70. The third kappa shape index (κ3) is 3.20. The molecule has 0 heterocycles. The van der Waals surface area contributed by atoms with Crippen molar-refractivity contribution in [1.82, 2.24) is 5.32 Å².